The summed E-state index contributed by atoms with van der Waals surface area (Å²) in [6, 6.07) is 0. The van der Waals surface area contributed by atoms with Gasteiger partial charge in [0, 0.05) is 0 Å². The number of benzene rings is 1. The molecule has 0 aromatic heterocycles. The predicted octanol–water partition coefficient (Wildman–Crippen LogP) is 4.24. The molecule has 7 heteroatoms. The number of nitrogens with zero attached hydrogens (tertiary/aromatic N) is 1. The van der Waals surface area contributed by atoms with Gasteiger partial charge in [-0.1, -0.05) is 11.2 Å². The van der Waals surface area contributed by atoms with Crippen LogP contribution in [0.4, 0.5) is 22.0 Å². The number of oxime groups is 1. The molecule has 1 aromatic carbocycles. The number of rotatable bonds is 6. The Morgan fingerprint density at radius 2 is 1.55 bits per heavy atom. The first-order valence-corrected chi connectivity index (χ1v) is 5.66. The molecular formula is C13H12F5NO. The summed E-state index contributed by atoms with van der Waals surface area (Å²) < 4.78 is 65.1. The lowest BCUT2D eigenvalue weighted by atomic mass is 10.2. The van der Waals surface area contributed by atoms with E-state index in [1.807, 2.05) is 0 Å². The predicted molar refractivity (Wildman–Crippen MR) is 63.6 cm³/mol. The van der Waals surface area contributed by atoms with Crippen molar-refractivity contribution in [3.63, 3.8) is 0 Å². The van der Waals surface area contributed by atoms with Crippen molar-refractivity contribution < 1.29 is 26.8 Å². The SMILES string of the molecule is C=CCC/C(C)=N\OCc1c(F)c(F)c(F)c(F)c1F. The minimum Gasteiger partial charge on any atom is -0.391 e. The summed E-state index contributed by atoms with van der Waals surface area (Å²) in [6.45, 7) is 4.25. The van der Waals surface area contributed by atoms with Gasteiger partial charge in [0.1, 0.15) is 6.61 Å². The highest BCUT2D eigenvalue weighted by Crippen LogP contribution is 2.23. The van der Waals surface area contributed by atoms with Crippen molar-refractivity contribution in [2.75, 3.05) is 0 Å². The molecule has 0 fully saturated rings. The van der Waals surface area contributed by atoms with Crippen LogP contribution < -0.4 is 0 Å². The highest BCUT2D eigenvalue weighted by atomic mass is 19.2. The maximum absolute atomic E-state index is 13.3. The van der Waals surface area contributed by atoms with Gasteiger partial charge >= 0.3 is 0 Å². The number of halogens is 5. The fourth-order valence-corrected chi connectivity index (χ4v) is 1.34. The molecule has 0 aliphatic heterocycles. The quantitative estimate of drug-likeness (QED) is 0.192. The summed E-state index contributed by atoms with van der Waals surface area (Å²) in [5.41, 5.74) is -0.546. The Morgan fingerprint density at radius 3 is 2.05 bits per heavy atom. The molecule has 110 valence electrons. The molecule has 1 aromatic rings. The average molecular weight is 293 g/mol. The molecule has 0 N–H and O–H groups in total. The van der Waals surface area contributed by atoms with Gasteiger partial charge in [-0.2, -0.15) is 0 Å². The lowest BCUT2D eigenvalue weighted by molar-refractivity contribution is 0.122. The zero-order chi connectivity index (χ0) is 15.3. The highest BCUT2D eigenvalue weighted by Gasteiger charge is 2.25. The van der Waals surface area contributed by atoms with Crippen LogP contribution in [0.25, 0.3) is 0 Å². The second kappa shape index (κ2) is 7.02. The maximum atomic E-state index is 13.3. The smallest absolute Gasteiger partial charge is 0.200 e. The minimum absolute atomic E-state index is 0.508. The third-order valence-electron chi connectivity index (χ3n) is 2.44. The van der Waals surface area contributed by atoms with Crippen LogP contribution >= 0.6 is 0 Å². The topological polar surface area (TPSA) is 21.6 Å². The van der Waals surface area contributed by atoms with E-state index in [1.165, 1.54) is 0 Å². The van der Waals surface area contributed by atoms with Gasteiger partial charge in [0.25, 0.3) is 0 Å². The molecule has 0 radical (unpaired) electrons. The first kappa shape index (κ1) is 16.1. The normalized spacial score (nSPS) is 11.6. The standard InChI is InChI=1S/C13H12F5NO/c1-3-4-5-7(2)19-20-6-8-9(14)11(16)13(18)12(17)10(8)15/h3H,1,4-6H2,2H3/b19-7-. The van der Waals surface area contributed by atoms with Crippen molar-refractivity contribution >= 4 is 5.71 Å². The van der Waals surface area contributed by atoms with E-state index >= 15 is 0 Å². The van der Waals surface area contributed by atoms with Gasteiger partial charge in [-0.3, -0.25) is 0 Å². The summed E-state index contributed by atoms with van der Waals surface area (Å²) in [7, 11) is 0. The Kier molecular flexibility index (Phi) is 5.66. The molecule has 0 atom stereocenters. The summed E-state index contributed by atoms with van der Waals surface area (Å²) in [6.07, 6.45) is 2.78. The van der Waals surface area contributed by atoms with Gasteiger partial charge in [0.15, 0.2) is 23.3 Å². The van der Waals surface area contributed by atoms with E-state index in [9.17, 15) is 22.0 Å². The van der Waals surface area contributed by atoms with E-state index in [0.717, 1.165) is 0 Å². The first-order chi connectivity index (χ1) is 9.40. The summed E-state index contributed by atoms with van der Waals surface area (Å²) in [5, 5.41) is 3.52. The summed E-state index contributed by atoms with van der Waals surface area (Å²) in [5.74, 6) is -10.0. The fraction of sp³-hybridized carbons (Fsp3) is 0.308. The van der Waals surface area contributed by atoms with Crippen LogP contribution in [-0.4, -0.2) is 5.71 Å². The lowest BCUT2D eigenvalue weighted by Crippen LogP contribution is -2.08. The molecule has 20 heavy (non-hydrogen) atoms. The largest absolute Gasteiger partial charge is 0.391 e. The minimum atomic E-state index is -2.20. The van der Waals surface area contributed by atoms with Crippen molar-refractivity contribution in [2.45, 2.75) is 26.4 Å². The van der Waals surface area contributed by atoms with Crippen molar-refractivity contribution in [3.05, 3.63) is 47.3 Å². The summed E-state index contributed by atoms with van der Waals surface area (Å²) in [4.78, 5) is 4.61. The van der Waals surface area contributed by atoms with Gasteiger partial charge < -0.3 is 4.84 Å². The Labute approximate surface area is 112 Å². The van der Waals surface area contributed by atoms with E-state index in [4.69, 9.17) is 0 Å². The van der Waals surface area contributed by atoms with Crippen LogP contribution in [0.2, 0.25) is 0 Å². The van der Waals surface area contributed by atoms with Crippen molar-refractivity contribution in [3.8, 4) is 0 Å². The molecule has 0 aliphatic carbocycles. The molecule has 0 bridgehead atoms. The maximum Gasteiger partial charge on any atom is 0.200 e. The highest BCUT2D eigenvalue weighted by molar-refractivity contribution is 5.81. The van der Waals surface area contributed by atoms with Crippen LogP contribution in [0.5, 0.6) is 0 Å². The Balaban J connectivity index is 2.86. The van der Waals surface area contributed by atoms with E-state index in [0.29, 0.717) is 18.6 Å². The zero-order valence-corrected chi connectivity index (χ0v) is 10.7. The molecular weight excluding hydrogens is 281 g/mol. The van der Waals surface area contributed by atoms with Gasteiger partial charge in [-0.25, -0.2) is 22.0 Å². The fourth-order valence-electron chi connectivity index (χ4n) is 1.34. The van der Waals surface area contributed by atoms with Crippen molar-refractivity contribution in [1.29, 1.82) is 0 Å². The zero-order valence-electron chi connectivity index (χ0n) is 10.7. The van der Waals surface area contributed by atoms with Crippen LogP contribution in [-0.2, 0) is 11.4 Å². The molecule has 0 spiro atoms. The second-order valence-electron chi connectivity index (χ2n) is 3.98. The van der Waals surface area contributed by atoms with Crippen molar-refractivity contribution in [1.82, 2.24) is 0 Å². The molecule has 0 saturated carbocycles. The van der Waals surface area contributed by atoms with Crippen LogP contribution in [0.3, 0.4) is 0 Å². The lowest BCUT2D eigenvalue weighted by Gasteiger charge is -2.07. The molecule has 0 aliphatic rings. The van der Waals surface area contributed by atoms with Crippen LogP contribution in [0, 0.1) is 29.1 Å². The van der Waals surface area contributed by atoms with Gasteiger partial charge in [-0.15, -0.1) is 6.58 Å². The van der Waals surface area contributed by atoms with Gasteiger partial charge in [0.05, 0.1) is 11.3 Å². The van der Waals surface area contributed by atoms with Gasteiger partial charge in [0.2, 0.25) is 5.82 Å². The monoisotopic (exact) mass is 293 g/mol. The van der Waals surface area contributed by atoms with Crippen LogP contribution in [0.15, 0.2) is 17.8 Å². The molecule has 0 unspecified atom stereocenters. The Bertz CT molecular complexity index is 513. The molecule has 0 heterocycles. The van der Waals surface area contributed by atoms with E-state index in [1.54, 1.807) is 13.0 Å². The molecule has 2 nitrogen and oxygen atoms in total. The third-order valence-corrected chi connectivity index (χ3v) is 2.44. The van der Waals surface area contributed by atoms with Gasteiger partial charge in [-0.05, 0) is 19.8 Å². The molecule has 0 amide bonds. The molecule has 0 saturated heterocycles. The Morgan fingerprint density at radius 1 is 1.05 bits per heavy atom. The number of hydrogen-bond acceptors (Lipinski definition) is 2. The number of allylic oxidation sites excluding steroid dienone is 1. The number of hydrogen-bond donors (Lipinski definition) is 0. The molecule has 1 rings (SSSR count). The first-order valence-electron chi connectivity index (χ1n) is 5.66. The van der Waals surface area contributed by atoms with E-state index in [2.05, 4.69) is 16.6 Å². The second-order valence-corrected chi connectivity index (χ2v) is 3.98. The van der Waals surface area contributed by atoms with E-state index < -0.39 is 41.3 Å². The summed E-state index contributed by atoms with van der Waals surface area (Å²) >= 11 is 0. The third kappa shape index (κ3) is 3.55. The van der Waals surface area contributed by atoms with E-state index in [-0.39, 0.29) is 0 Å². The average Bonchev–Trinajstić information content (AvgIpc) is 2.44. The van der Waals surface area contributed by atoms with Crippen LogP contribution in [0.1, 0.15) is 25.3 Å². The van der Waals surface area contributed by atoms with Crippen molar-refractivity contribution in [2.24, 2.45) is 5.16 Å². The Hall–Kier alpha value is -1.92.